The summed E-state index contributed by atoms with van der Waals surface area (Å²) in [6.45, 7) is 12.2. The van der Waals surface area contributed by atoms with Gasteiger partial charge in [-0.25, -0.2) is 0 Å². The summed E-state index contributed by atoms with van der Waals surface area (Å²) in [6.07, 6.45) is 1.65. The minimum Gasteiger partial charge on any atom is -0.478 e. The Kier molecular flexibility index (Phi) is 2.78. The first kappa shape index (κ1) is 15.2. The van der Waals surface area contributed by atoms with E-state index in [1.807, 2.05) is 47.6 Å². The highest BCUT2D eigenvalue weighted by atomic mass is 16.7. The predicted octanol–water partition coefficient (Wildman–Crippen LogP) is 2.71. The van der Waals surface area contributed by atoms with Gasteiger partial charge in [-0.05, 0) is 77.0 Å². The number of hydrogen-bond acceptors (Lipinski definition) is 4. The number of ketones is 1. The summed E-state index contributed by atoms with van der Waals surface area (Å²) in [7, 11) is -0.450. The number of benzene rings is 1. The van der Waals surface area contributed by atoms with E-state index in [0.717, 1.165) is 40.7 Å². The normalized spacial score (nSPS) is 25.7. The first-order chi connectivity index (χ1) is 10.6. The van der Waals surface area contributed by atoms with E-state index in [-0.39, 0.29) is 5.78 Å². The Labute approximate surface area is 137 Å². The molecule has 1 aromatic carbocycles. The first-order valence-electron chi connectivity index (χ1n) is 8.32. The molecule has 0 amide bonds. The average Bonchev–Trinajstić information content (AvgIpc) is 3.06. The first-order valence-corrected chi connectivity index (χ1v) is 8.32. The molecule has 1 aromatic rings. The zero-order chi connectivity index (χ0) is 16.8. The van der Waals surface area contributed by atoms with Crippen LogP contribution in [0, 0.1) is 13.8 Å². The number of carbonyl (C=O) groups is 1. The lowest BCUT2D eigenvalue weighted by atomic mass is 9.72. The van der Waals surface area contributed by atoms with Gasteiger partial charge in [-0.2, -0.15) is 0 Å². The van der Waals surface area contributed by atoms with Crippen molar-refractivity contribution in [3.05, 3.63) is 22.8 Å². The maximum Gasteiger partial charge on any atom is 0.495 e. The smallest absolute Gasteiger partial charge is 0.478 e. The summed E-state index contributed by atoms with van der Waals surface area (Å²) >= 11 is 0. The molecule has 2 heterocycles. The topological polar surface area (TPSA) is 44.8 Å². The molecule has 122 valence electrons. The third-order valence-electron chi connectivity index (χ3n) is 5.94. The second-order valence-corrected chi connectivity index (χ2v) is 8.12. The van der Waals surface area contributed by atoms with Crippen LogP contribution in [0.1, 0.15) is 62.0 Å². The van der Waals surface area contributed by atoms with Gasteiger partial charge < -0.3 is 14.0 Å². The molecule has 1 saturated carbocycles. The van der Waals surface area contributed by atoms with Gasteiger partial charge in [0.2, 0.25) is 5.78 Å². The van der Waals surface area contributed by atoms with Crippen molar-refractivity contribution in [1.29, 1.82) is 0 Å². The van der Waals surface area contributed by atoms with E-state index in [0.29, 0.717) is 0 Å². The molecule has 1 spiro atoms. The molecule has 0 N–H and O–H groups in total. The maximum atomic E-state index is 12.7. The molecule has 3 aliphatic rings. The maximum absolute atomic E-state index is 12.7. The standard InChI is InChI=1S/C18H23BO4/c1-10-9-12-13(15(20)18(21-12)7-8-18)11(2)14(10)19-22-16(3,4)17(5,6)23-19/h9H,7-8H2,1-6H3. The van der Waals surface area contributed by atoms with E-state index in [4.69, 9.17) is 14.0 Å². The molecule has 5 heteroatoms. The van der Waals surface area contributed by atoms with Crippen molar-refractivity contribution in [3.63, 3.8) is 0 Å². The molecule has 2 fully saturated rings. The lowest BCUT2D eigenvalue weighted by Gasteiger charge is -2.32. The fourth-order valence-electron chi connectivity index (χ4n) is 3.58. The Balaban J connectivity index is 1.80. The molecule has 0 unspecified atom stereocenters. The van der Waals surface area contributed by atoms with Crippen molar-refractivity contribution in [2.45, 2.75) is 71.2 Å². The minimum absolute atomic E-state index is 0.128. The Morgan fingerprint density at radius 3 is 2.13 bits per heavy atom. The minimum atomic E-state index is -0.561. The highest BCUT2D eigenvalue weighted by Crippen LogP contribution is 2.50. The van der Waals surface area contributed by atoms with Crippen molar-refractivity contribution in [2.24, 2.45) is 0 Å². The number of hydrogen-bond donors (Lipinski definition) is 0. The van der Waals surface area contributed by atoms with Gasteiger partial charge in [0, 0.05) is 0 Å². The van der Waals surface area contributed by atoms with Crippen LogP contribution in [0.4, 0.5) is 0 Å². The van der Waals surface area contributed by atoms with Crippen LogP contribution < -0.4 is 10.2 Å². The van der Waals surface area contributed by atoms with Crippen LogP contribution >= 0.6 is 0 Å². The molecule has 1 aliphatic carbocycles. The molecular weight excluding hydrogens is 291 g/mol. The zero-order valence-electron chi connectivity index (χ0n) is 14.7. The number of aryl methyl sites for hydroxylation is 1. The number of rotatable bonds is 1. The molecule has 23 heavy (non-hydrogen) atoms. The lowest BCUT2D eigenvalue weighted by Crippen LogP contribution is -2.41. The van der Waals surface area contributed by atoms with Gasteiger partial charge in [0.05, 0.1) is 16.8 Å². The van der Waals surface area contributed by atoms with Gasteiger partial charge in [0.15, 0.2) is 5.60 Å². The molecule has 1 saturated heterocycles. The Hall–Kier alpha value is -1.33. The van der Waals surface area contributed by atoms with Gasteiger partial charge in [-0.3, -0.25) is 4.79 Å². The van der Waals surface area contributed by atoms with Crippen LogP contribution in [0.3, 0.4) is 0 Å². The number of ether oxygens (including phenoxy) is 1. The third-order valence-corrected chi connectivity index (χ3v) is 5.94. The Bertz CT molecular complexity index is 715. The predicted molar refractivity (Wildman–Crippen MR) is 88.6 cm³/mol. The summed E-state index contributed by atoms with van der Waals surface area (Å²) < 4.78 is 18.3. The van der Waals surface area contributed by atoms with Crippen LogP contribution in [0.2, 0.25) is 0 Å². The molecule has 2 aliphatic heterocycles. The molecule has 0 bridgehead atoms. The van der Waals surface area contributed by atoms with Crippen LogP contribution in [0.5, 0.6) is 5.75 Å². The monoisotopic (exact) mass is 314 g/mol. The summed E-state index contributed by atoms with van der Waals surface area (Å²) in [5, 5.41) is 0. The Morgan fingerprint density at radius 2 is 1.61 bits per heavy atom. The molecule has 4 nitrogen and oxygen atoms in total. The highest BCUT2D eigenvalue weighted by molar-refractivity contribution is 6.63. The second-order valence-electron chi connectivity index (χ2n) is 8.12. The number of Topliss-reactive ketones (excluding diaryl/α,β-unsaturated/α-hetero) is 1. The van der Waals surface area contributed by atoms with E-state index < -0.39 is 23.9 Å². The van der Waals surface area contributed by atoms with Crippen LogP contribution in [0.25, 0.3) is 0 Å². The van der Waals surface area contributed by atoms with Crippen LogP contribution in [0.15, 0.2) is 6.07 Å². The molecule has 0 radical (unpaired) electrons. The molecule has 0 aromatic heterocycles. The van der Waals surface area contributed by atoms with Crippen LogP contribution in [-0.4, -0.2) is 29.7 Å². The molecule has 4 rings (SSSR count). The third kappa shape index (κ3) is 1.90. The van der Waals surface area contributed by atoms with Crippen LogP contribution in [-0.2, 0) is 9.31 Å². The van der Waals surface area contributed by atoms with E-state index >= 15 is 0 Å². The molecular formula is C18H23BO4. The molecule has 0 atom stereocenters. The van der Waals surface area contributed by atoms with E-state index in [1.165, 1.54) is 0 Å². The van der Waals surface area contributed by atoms with Gasteiger partial charge >= 0.3 is 7.12 Å². The van der Waals surface area contributed by atoms with Gasteiger partial charge in [0.1, 0.15) is 5.75 Å². The fourth-order valence-corrected chi connectivity index (χ4v) is 3.58. The van der Waals surface area contributed by atoms with Gasteiger partial charge in [0.25, 0.3) is 0 Å². The summed E-state index contributed by atoms with van der Waals surface area (Å²) in [5.41, 5.74) is 2.32. The largest absolute Gasteiger partial charge is 0.495 e. The van der Waals surface area contributed by atoms with E-state index in [9.17, 15) is 4.79 Å². The SMILES string of the molecule is Cc1cc2c(c(C)c1B1OC(C)(C)C(C)(C)O1)C(=O)C1(CC1)O2. The summed E-state index contributed by atoms with van der Waals surface area (Å²) in [6, 6.07) is 1.97. The second kappa shape index (κ2) is 4.20. The fraction of sp³-hybridized carbons (Fsp3) is 0.611. The van der Waals surface area contributed by atoms with Crippen molar-refractivity contribution in [3.8, 4) is 5.75 Å². The zero-order valence-corrected chi connectivity index (χ0v) is 14.7. The highest BCUT2D eigenvalue weighted by Gasteiger charge is 2.59. The van der Waals surface area contributed by atoms with Crippen molar-refractivity contribution >= 4 is 18.4 Å². The summed E-state index contributed by atoms with van der Waals surface area (Å²) in [4.78, 5) is 12.7. The van der Waals surface area contributed by atoms with Crippen molar-refractivity contribution < 1.29 is 18.8 Å². The van der Waals surface area contributed by atoms with Gasteiger partial charge in [-0.1, -0.05) is 0 Å². The van der Waals surface area contributed by atoms with E-state index in [2.05, 4.69) is 0 Å². The van der Waals surface area contributed by atoms with Crippen molar-refractivity contribution in [1.82, 2.24) is 0 Å². The van der Waals surface area contributed by atoms with E-state index in [1.54, 1.807) is 0 Å². The number of carbonyl (C=O) groups excluding carboxylic acids is 1. The van der Waals surface area contributed by atoms with Crippen molar-refractivity contribution in [2.75, 3.05) is 0 Å². The average molecular weight is 314 g/mol. The number of fused-ring (bicyclic) bond motifs is 1. The lowest BCUT2D eigenvalue weighted by molar-refractivity contribution is 0.00578. The Morgan fingerprint density at radius 1 is 1.04 bits per heavy atom. The van der Waals surface area contributed by atoms with Gasteiger partial charge in [-0.15, -0.1) is 0 Å². The summed E-state index contributed by atoms with van der Waals surface area (Å²) in [5.74, 6) is 0.852. The quantitative estimate of drug-likeness (QED) is 0.748.